The predicted octanol–water partition coefficient (Wildman–Crippen LogP) is -1.11. The van der Waals surface area contributed by atoms with Gasteiger partial charge in [0.1, 0.15) is 30.2 Å². The summed E-state index contributed by atoms with van der Waals surface area (Å²) in [7, 11) is 0. The molecule has 0 bridgehead atoms. The zero-order valence-electron chi connectivity index (χ0n) is 25.6. The maximum Gasteiger partial charge on any atom is 0.328 e. The second-order valence-electron chi connectivity index (χ2n) is 10.6. The van der Waals surface area contributed by atoms with Crippen LogP contribution in [0.25, 0.3) is 0 Å². The van der Waals surface area contributed by atoms with Crippen LogP contribution in [-0.2, 0) is 28.8 Å². The number of thioether (sulfide) groups is 2. The van der Waals surface area contributed by atoms with Gasteiger partial charge in [0.25, 0.3) is 0 Å². The number of aliphatic hydroxyl groups excluding tert-OH is 1. The Morgan fingerprint density at radius 3 is 2.07 bits per heavy atom. The molecule has 0 saturated carbocycles. The lowest BCUT2D eigenvalue weighted by molar-refractivity contribution is -0.143. The van der Waals surface area contributed by atoms with E-state index in [9.17, 15) is 39.0 Å². The molecule has 0 aromatic heterocycles. The molecule has 5 amide bonds. The lowest BCUT2D eigenvalue weighted by Gasteiger charge is -2.31. The quantitative estimate of drug-likeness (QED) is 0.0890. The van der Waals surface area contributed by atoms with Gasteiger partial charge in [-0.1, -0.05) is 20.3 Å². The third-order valence-corrected chi connectivity index (χ3v) is 8.66. The smallest absolute Gasteiger partial charge is 0.328 e. The maximum atomic E-state index is 13.4. The summed E-state index contributed by atoms with van der Waals surface area (Å²) >= 11 is 2.99. The zero-order valence-corrected chi connectivity index (χ0v) is 27.2. The summed E-state index contributed by atoms with van der Waals surface area (Å²) in [6.07, 6.45) is 5.81. The molecule has 1 aliphatic heterocycles. The highest BCUT2D eigenvalue weighted by molar-refractivity contribution is 7.98. The summed E-state index contributed by atoms with van der Waals surface area (Å²) in [4.78, 5) is 78.0. The Bertz CT molecular complexity index is 974. The van der Waals surface area contributed by atoms with E-state index in [-0.39, 0.29) is 12.3 Å². The van der Waals surface area contributed by atoms with Crippen molar-refractivity contribution >= 4 is 59.0 Å². The van der Waals surface area contributed by atoms with E-state index >= 15 is 0 Å². The molecular formula is C27H48N6O8S2. The van der Waals surface area contributed by atoms with Crippen LogP contribution in [0.15, 0.2) is 0 Å². The minimum atomic E-state index is -1.53. The van der Waals surface area contributed by atoms with Gasteiger partial charge in [0.05, 0.1) is 12.6 Å². The first kappa shape index (κ1) is 38.5. The Labute approximate surface area is 261 Å². The van der Waals surface area contributed by atoms with Gasteiger partial charge in [0.15, 0.2) is 0 Å². The second-order valence-corrected chi connectivity index (χ2v) is 12.6. The van der Waals surface area contributed by atoms with E-state index in [0.717, 1.165) is 0 Å². The van der Waals surface area contributed by atoms with E-state index < -0.39 is 78.4 Å². The fourth-order valence-corrected chi connectivity index (χ4v) is 5.45. The molecule has 14 nitrogen and oxygen atoms in total. The summed E-state index contributed by atoms with van der Waals surface area (Å²) in [5.41, 5.74) is 5.91. The van der Waals surface area contributed by atoms with Gasteiger partial charge in [-0.2, -0.15) is 23.5 Å². The Balaban J connectivity index is 3.01. The molecule has 7 atom stereocenters. The first-order chi connectivity index (χ1) is 20.3. The number of rotatable bonds is 19. The normalized spacial score (nSPS) is 18.9. The highest BCUT2D eigenvalue weighted by Gasteiger charge is 2.39. The van der Waals surface area contributed by atoms with Crippen LogP contribution in [0.2, 0.25) is 0 Å². The molecule has 0 spiro atoms. The van der Waals surface area contributed by atoms with Crippen molar-refractivity contribution in [1.82, 2.24) is 26.2 Å². The lowest BCUT2D eigenvalue weighted by Crippen LogP contribution is -2.60. The molecule has 1 aliphatic rings. The monoisotopic (exact) mass is 648 g/mol. The van der Waals surface area contributed by atoms with Gasteiger partial charge in [0.2, 0.25) is 29.5 Å². The maximum absolute atomic E-state index is 13.4. The SMILES string of the molecule is CC[C@H](C)[C@H](NC(=O)[C@@H]1CCCN1C(=O)[C@H](C)NC(=O)[C@@H](N)CCSC)C(=O)N[C@@H](CCSC)C(=O)N[C@@H](CO)C(=O)O. The van der Waals surface area contributed by atoms with Crippen molar-refractivity contribution in [3.8, 4) is 0 Å². The number of nitrogens with two attached hydrogens (primary N) is 1. The number of hydrogen-bond acceptors (Lipinski definition) is 10. The number of aliphatic carboxylic acids is 1. The molecule has 8 N–H and O–H groups in total. The fraction of sp³-hybridized carbons (Fsp3) is 0.778. The second kappa shape index (κ2) is 19.7. The molecule has 1 heterocycles. The molecule has 16 heteroatoms. The predicted molar refractivity (Wildman–Crippen MR) is 166 cm³/mol. The number of hydrogen-bond donors (Lipinski definition) is 7. The third-order valence-electron chi connectivity index (χ3n) is 7.37. The fourth-order valence-electron chi connectivity index (χ4n) is 4.49. The Kier molecular flexibility index (Phi) is 17.6. The number of carboxylic acids is 1. The van der Waals surface area contributed by atoms with Crippen LogP contribution in [0, 0.1) is 5.92 Å². The Morgan fingerprint density at radius 2 is 1.51 bits per heavy atom. The van der Waals surface area contributed by atoms with Gasteiger partial charge in [-0.3, -0.25) is 24.0 Å². The van der Waals surface area contributed by atoms with Crippen molar-refractivity contribution < 1.29 is 39.0 Å². The van der Waals surface area contributed by atoms with Crippen LogP contribution >= 0.6 is 23.5 Å². The number of nitrogens with one attached hydrogen (secondary N) is 4. The summed E-state index contributed by atoms with van der Waals surface area (Å²) in [6, 6.07) is -6.19. The molecular weight excluding hydrogens is 600 g/mol. The standard InChI is InChI=1S/C27H48N6O8S2/c1-6-15(2)21(25(38)30-18(10-13-43-5)23(36)31-19(14-34)27(40)41)32-24(37)20-8-7-11-33(20)26(39)16(3)29-22(35)17(28)9-12-42-4/h15-21,34H,6-14,28H2,1-5H3,(H,29,35)(H,30,38)(H,31,36)(H,32,37)(H,40,41)/t15-,16-,17-,18-,19-,20-,21-/m0/s1. The van der Waals surface area contributed by atoms with E-state index in [0.29, 0.717) is 43.7 Å². The van der Waals surface area contributed by atoms with E-state index in [1.807, 2.05) is 19.4 Å². The average Bonchev–Trinajstić information content (AvgIpc) is 3.48. The van der Waals surface area contributed by atoms with Crippen molar-refractivity contribution in [2.24, 2.45) is 11.7 Å². The number of carbonyl (C=O) groups excluding carboxylic acids is 5. The molecule has 0 unspecified atom stereocenters. The van der Waals surface area contributed by atoms with Crippen LogP contribution in [0.1, 0.15) is 52.9 Å². The highest BCUT2D eigenvalue weighted by atomic mass is 32.2. The van der Waals surface area contributed by atoms with Gasteiger partial charge in [-0.05, 0) is 62.5 Å². The topological polar surface area (TPSA) is 220 Å². The lowest BCUT2D eigenvalue weighted by atomic mass is 9.97. The summed E-state index contributed by atoms with van der Waals surface area (Å²) in [5, 5.41) is 28.7. The van der Waals surface area contributed by atoms with E-state index in [4.69, 9.17) is 5.73 Å². The number of likely N-dealkylation sites (tertiary alicyclic amines) is 1. The van der Waals surface area contributed by atoms with Crippen LogP contribution in [0.3, 0.4) is 0 Å². The molecule has 1 saturated heterocycles. The molecule has 43 heavy (non-hydrogen) atoms. The average molecular weight is 649 g/mol. The van der Waals surface area contributed by atoms with Gasteiger partial charge < -0.3 is 42.1 Å². The molecule has 0 aromatic rings. The van der Waals surface area contributed by atoms with Gasteiger partial charge >= 0.3 is 5.97 Å². The van der Waals surface area contributed by atoms with Crippen LogP contribution in [0.4, 0.5) is 0 Å². The van der Waals surface area contributed by atoms with Crippen molar-refractivity contribution in [1.29, 1.82) is 0 Å². The number of nitrogens with zero attached hydrogens (tertiary/aromatic N) is 1. The number of carboxylic acid groups (broad SMARTS) is 1. The van der Waals surface area contributed by atoms with Crippen LogP contribution < -0.4 is 27.0 Å². The van der Waals surface area contributed by atoms with Crippen molar-refractivity contribution in [2.45, 2.75) is 89.1 Å². The Morgan fingerprint density at radius 1 is 0.907 bits per heavy atom. The largest absolute Gasteiger partial charge is 0.480 e. The minimum absolute atomic E-state index is 0.188. The van der Waals surface area contributed by atoms with E-state index in [1.165, 1.54) is 23.6 Å². The van der Waals surface area contributed by atoms with Gasteiger partial charge in [0, 0.05) is 6.54 Å². The third kappa shape index (κ3) is 12.2. The van der Waals surface area contributed by atoms with E-state index in [2.05, 4.69) is 21.3 Å². The molecule has 0 aliphatic carbocycles. The van der Waals surface area contributed by atoms with Crippen LogP contribution in [0.5, 0.6) is 0 Å². The molecule has 0 radical (unpaired) electrons. The first-order valence-electron chi connectivity index (χ1n) is 14.4. The zero-order chi connectivity index (χ0) is 32.7. The Hall–Kier alpha value is -2.56. The number of carbonyl (C=O) groups is 6. The molecule has 1 rings (SSSR count). The van der Waals surface area contributed by atoms with E-state index in [1.54, 1.807) is 18.7 Å². The molecule has 246 valence electrons. The van der Waals surface area contributed by atoms with Crippen LogP contribution in [-0.4, -0.2) is 124 Å². The summed E-state index contributed by atoms with van der Waals surface area (Å²) < 4.78 is 0. The highest BCUT2D eigenvalue weighted by Crippen LogP contribution is 2.20. The first-order valence-corrected chi connectivity index (χ1v) is 17.2. The van der Waals surface area contributed by atoms with Crippen molar-refractivity contribution in [3.63, 3.8) is 0 Å². The van der Waals surface area contributed by atoms with Gasteiger partial charge in [-0.15, -0.1) is 0 Å². The molecule has 1 fully saturated rings. The summed E-state index contributed by atoms with van der Waals surface area (Å²) in [5.74, 6) is -3.39. The molecule has 0 aromatic carbocycles. The summed E-state index contributed by atoms with van der Waals surface area (Å²) in [6.45, 7) is 4.63. The van der Waals surface area contributed by atoms with Crippen molar-refractivity contribution in [2.75, 3.05) is 37.2 Å². The number of aliphatic hydroxyl groups is 1. The van der Waals surface area contributed by atoms with Crippen molar-refractivity contribution in [3.05, 3.63) is 0 Å². The minimum Gasteiger partial charge on any atom is -0.480 e. The van der Waals surface area contributed by atoms with Gasteiger partial charge in [-0.25, -0.2) is 4.79 Å². The number of amides is 5.